The summed E-state index contributed by atoms with van der Waals surface area (Å²) in [6.07, 6.45) is 0.0665. The van der Waals surface area contributed by atoms with Gasteiger partial charge in [-0.15, -0.1) is 11.3 Å². The minimum absolute atomic E-state index is 0.0665. The molecule has 1 heterocycles. The maximum atomic E-state index is 10.6. The Morgan fingerprint density at radius 2 is 2.19 bits per heavy atom. The number of benzene rings is 1. The number of thiophene rings is 1. The first-order valence-corrected chi connectivity index (χ1v) is 5.96. The Labute approximate surface area is 102 Å². The number of rotatable bonds is 3. The molecule has 0 spiro atoms. The third-order valence-electron chi connectivity index (χ3n) is 2.12. The van der Waals surface area contributed by atoms with Gasteiger partial charge in [0.1, 0.15) is 0 Å². The number of carboxylic acids is 1. The smallest absolute Gasteiger partial charge is 0.307 e. The van der Waals surface area contributed by atoms with Crippen LogP contribution in [0.1, 0.15) is 5.56 Å². The second-order valence-electron chi connectivity index (χ2n) is 3.40. The minimum Gasteiger partial charge on any atom is -0.481 e. The quantitative estimate of drug-likeness (QED) is 0.905. The van der Waals surface area contributed by atoms with E-state index in [4.69, 9.17) is 16.7 Å². The van der Waals surface area contributed by atoms with E-state index >= 15 is 0 Å². The molecule has 2 nitrogen and oxygen atoms in total. The van der Waals surface area contributed by atoms with Gasteiger partial charge in [0.15, 0.2) is 0 Å². The van der Waals surface area contributed by atoms with Gasteiger partial charge in [0, 0.05) is 9.90 Å². The lowest BCUT2D eigenvalue weighted by Gasteiger charge is -1.97. The number of halogens is 1. The van der Waals surface area contributed by atoms with Crippen LogP contribution in [0.15, 0.2) is 35.7 Å². The van der Waals surface area contributed by atoms with Crippen LogP contribution in [-0.4, -0.2) is 11.1 Å². The maximum Gasteiger partial charge on any atom is 0.307 e. The largest absolute Gasteiger partial charge is 0.481 e. The molecular weight excluding hydrogens is 244 g/mol. The van der Waals surface area contributed by atoms with Crippen LogP contribution >= 0.6 is 22.9 Å². The lowest BCUT2D eigenvalue weighted by Crippen LogP contribution is -1.97. The van der Waals surface area contributed by atoms with Gasteiger partial charge in [-0.2, -0.15) is 0 Å². The van der Waals surface area contributed by atoms with Crippen LogP contribution in [0.25, 0.3) is 10.4 Å². The first kappa shape index (κ1) is 11.2. The summed E-state index contributed by atoms with van der Waals surface area (Å²) in [6, 6.07) is 9.43. The predicted octanol–water partition coefficient (Wildman–Crippen LogP) is 3.70. The van der Waals surface area contributed by atoms with Gasteiger partial charge in [-0.3, -0.25) is 4.79 Å². The van der Waals surface area contributed by atoms with Crippen molar-refractivity contribution in [2.24, 2.45) is 0 Å². The summed E-state index contributed by atoms with van der Waals surface area (Å²) in [4.78, 5) is 11.6. The van der Waals surface area contributed by atoms with Crippen molar-refractivity contribution in [1.82, 2.24) is 0 Å². The minimum atomic E-state index is -0.810. The molecule has 0 atom stereocenters. The van der Waals surface area contributed by atoms with Crippen LogP contribution in [0.4, 0.5) is 0 Å². The van der Waals surface area contributed by atoms with Crippen LogP contribution in [0.5, 0.6) is 0 Å². The first-order chi connectivity index (χ1) is 7.65. The van der Waals surface area contributed by atoms with Crippen LogP contribution < -0.4 is 0 Å². The molecular formula is C12H9ClO2S. The molecule has 1 aromatic carbocycles. The van der Waals surface area contributed by atoms with Crippen LogP contribution in [0.2, 0.25) is 5.02 Å². The van der Waals surface area contributed by atoms with E-state index < -0.39 is 5.97 Å². The number of hydrogen-bond acceptors (Lipinski definition) is 2. The molecule has 4 heteroatoms. The molecule has 0 amide bonds. The van der Waals surface area contributed by atoms with Gasteiger partial charge in [0.05, 0.1) is 6.42 Å². The van der Waals surface area contributed by atoms with Crippen molar-refractivity contribution in [2.45, 2.75) is 6.42 Å². The summed E-state index contributed by atoms with van der Waals surface area (Å²) in [7, 11) is 0. The molecule has 0 fully saturated rings. The summed E-state index contributed by atoms with van der Waals surface area (Å²) in [6.45, 7) is 0. The highest BCUT2D eigenvalue weighted by molar-refractivity contribution is 7.13. The highest BCUT2D eigenvalue weighted by Gasteiger charge is 2.06. The van der Waals surface area contributed by atoms with Crippen molar-refractivity contribution in [3.05, 3.63) is 46.3 Å². The Morgan fingerprint density at radius 1 is 1.38 bits per heavy atom. The average molecular weight is 253 g/mol. The zero-order valence-electron chi connectivity index (χ0n) is 8.31. The fourth-order valence-corrected chi connectivity index (χ4v) is 2.54. The van der Waals surface area contributed by atoms with Gasteiger partial charge < -0.3 is 5.11 Å². The summed E-state index contributed by atoms with van der Waals surface area (Å²) in [5.41, 5.74) is 1.85. The maximum absolute atomic E-state index is 10.6. The molecule has 0 radical (unpaired) electrons. The van der Waals surface area contributed by atoms with Gasteiger partial charge in [0.25, 0.3) is 0 Å². The zero-order valence-corrected chi connectivity index (χ0v) is 9.89. The van der Waals surface area contributed by atoms with Gasteiger partial charge >= 0.3 is 5.97 Å². The van der Waals surface area contributed by atoms with Crippen molar-refractivity contribution in [3.63, 3.8) is 0 Å². The Morgan fingerprint density at radius 3 is 2.88 bits per heavy atom. The van der Waals surface area contributed by atoms with E-state index in [1.807, 2.05) is 35.7 Å². The summed E-state index contributed by atoms with van der Waals surface area (Å²) < 4.78 is 0. The van der Waals surface area contributed by atoms with Crippen molar-refractivity contribution in [3.8, 4) is 10.4 Å². The second kappa shape index (κ2) is 4.68. The molecule has 0 unspecified atom stereocenters. The Bertz CT molecular complexity index is 519. The fourth-order valence-electron chi connectivity index (χ4n) is 1.44. The topological polar surface area (TPSA) is 37.3 Å². The second-order valence-corrected chi connectivity index (χ2v) is 4.75. The molecule has 0 aliphatic carbocycles. The highest BCUT2D eigenvalue weighted by atomic mass is 35.5. The number of carboxylic acid groups (broad SMARTS) is 1. The van der Waals surface area contributed by atoms with E-state index in [-0.39, 0.29) is 6.42 Å². The van der Waals surface area contributed by atoms with E-state index in [1.165, 1.54) is 11.3 Å². The molecule has 0 bridgehead atoms. The standard InChI is InChI=1S/C12H9ClO2S/c13-10-3-1-2-9(6-10)11-4-8(7-16-11)5-12(14)15/h1-4,6-7H,5H2,(H,14,15). The van der Waals surface area contributed by atoms with E-state index in [9.17, 15) is 4.79 Å². The molecule has 0 saturated heterocycles. The lowest BCUT2D eigenvalue weighted by molar-refractivity contribution is -0.136. The third kappa shape index (κ3) is 2.62. The predicted molar refractivity (Wildman–Crippen MR) is 66.1 cm³/mol. The summed E-state index contributed by atoms with van der Waals surface area (Å²) in [5.74, 6) is -0.810. The molecule has 16 heavy (non-hydrogen) atoms. The normalized spacial score (nSPS) is 10.3. The fraction of sp³-hybridized carbons (Fsp3) is 0.0833. The first-order valence-electron chi connectivity index (χ1n) is 4.70. The Hall–Kier alpha value is -1.32. The van der Waals surface area contributed by atoms with Gasteiger partial charge in [-0.05, 0) is 34.7 Å². The number of carbonyl (C=O) groups is 1. The van der Waals surface area contributed by atoms with Crippen LogP contribution in [0, 0.1) is 0 Å². The Kier molecular flexibility index (Phi) is 3.27. The average Bonchev–Trinajstić information content (AvgIpc) is 2.65. The van der Waals surface area contributed by atoms with Gasteiger partial charge in [0.2, 0.25) is 0 Å². The third-order valence-corrected chi connectivity index (χ3v) is 3.38. The number of hydrogen-bond donors (Lipinski definition) is 1. The van der Waals surface area contributed by atoms with E-state index in [2.05, 4.69) is 0 Å². The van der Waals surface area contributed by atoms with E-state index in [0.717, 1.165) is 16.0 Å². The van der Waals surface area contributed by atoms with Crippen molar-refractivity contribution in [1.29, 1.82) is 0 Å². The molecule has 0 saturated carbocycles. The van der Waals surface area contributed by atoms with Crippen molar-refractivity contribution in [2.75, 3.05) is 0 Å². The number of aliphatic carboxylic acids is 1. The van der Waals surface area contributed by atoms with E-state index in [1.54, 1.807) is 0 Å². The van der Waals surface area contributed by atoms with Gasteiger partial charge in [-0.25, -0.2) is 0 Å². The molecule has 1 N–H and O–H groups in total. The zero-order chi connectivity index (χ0) is 11.5. The SMILES string of the molecule is O=C(O)Cc1csc(-c2cccc(Cl)c2)c1. The lowest BCUT2D eigenvalue weighted by atomic mass is 10.1. The van der Waals surface area contributed by atoms with Crippen LogP contribution in [0.3, 0.4) is 0 Å². The van der Waals surface area contributed by atoms with Gasteiger partial charge in [-0.1, -0.05) is 23.7 Å². The Balaban J connectivity index is 2.28. The molecule has 1 aromatic heterocycles. The molecule has 2 rings (SSSR count). The van der Waals surface area contributed by atoms with Crippen molar-refractivity contribution >= 4 is 28.9 Å². The monoisotopic (exact) mass is 252 g/mol. The van der Waals surface area contributed by atoms with Crippen LogP contribution in [-0.2, 0) is 11.2 Å². The summed E-state index contributed by atoms with van der Waals surface area (Å²) in [5, 5.41) is 11.2. The highest BCUT2D eigenvalue weighted by Crippen LogP contribution is 2.29. The van der Waals surface area contributed by atoms with E-state index in [0.29, 0.717) is 5.02 Å². The molecule has 82 valence electrons. The molecule has 0 aliphatic rings. The molecule has 2 aromatic rings. The molecule has 0 aliphatic heterocycles. The van der Waals surface area contributed by atoms with Crippen molar-refractivity contribution < 1.29 is 9.90 Å². The summed E-state index contributed by atoms with van der Waals surface area (Å²) >= 11 is 7.43.